The molecule has 27 heavy (non-hydrogen) atoms. The maximum absolute atomic E-state index is 10.9. The van der Waals surface area contributed by atoms with E-state index in [0.717, 1.165) is 33.7 Å². The third-order valence-corrected chi connectivity index (χ3v) is 6.06. The molecule has 7 heteroatoms. The Labute approximate surface area is 161 Å². The summed E-state index contributed by atoms with van der Waals surface area (Å²) in [5, 5.41) is 20.5. The molecule has 0 aliphatic carbocycles. The number of thioether (sulfide) groups is 1. The van der Waals surface area contributed by atoms with Crippen molar-refractivity contribution in [3.05, 3.63) is 42.0 Å². The maximum Gasteiger partial charge on any atom is 0.221 e. The van der Waals surface area contributed by atoms with Crippen molar-refractivity contribution in [2.75, 3.05) is 25.7 Å². The van der Waals surface area contributed by atoms with Crippen molar-refractivity contribution in [2.45, 2.75) is 13.0 Å². The Bertz CT molecular complexity index is 1020. The molecule has 0 radical (unpaired) electrons. The molecular weight excluding hydrogens is 362 g/mol. The van der Waals surface area contributed by atoms with Crippen LogP contribution in [0.25, 0.3) is 10.9 Å². The molecule has 1 N–H and O–H groups in total. The van der Waals surface area contributed by atoms with Crippen LogP contribution in [-0.2, 0) is 0 Å². The first kappa shape index (κ1) is 17.7. The Morgan fingerprint density at radius 3 is 2.41 bits per heavy atom. The summed E-state index contributed by atoms with van der Waals surface area (Å²) in [4.78, 5) is 0. The van der Waals surface area contributed by atoms with E-state index < -0.39 is 0 Å². The van der Waals surface area contributed by atoms with Crippen LogP contribution in [0.2, 0.25) is 0 Å². The smallest absolute Gasteiger partial charge is 0.221 e. The van der Waals surface area contributed by atoms with Crippen LogP contribution in [0.5, 0.6) is 17.4 Å². The molecule has 1 fully saturated rings. The molecule has 2 heterocycles. The van der Waals surface area contributed by atoms with Crippen LogP contribution in [0.1, 0.15) is 11.6 Å². The summed E-state index contributed by atoms with van der Waals surface area (Å²) < 4.78 is 12.8. The molecule has 0 unspecified atom stereocenters. The highest BCUT2D eigenvalue weighted by molar-refractivity contribution is 8.00. The summed E-state index contributed by atoms with van der Waals surface area (Å²) in [6.07, 6.45) is 0. The van der Waals surface area contributed by atoms with E-state index in [9.17, 15) is 5.11 Å². The first-order chi connectivity index (χ1) is 13.1. The molecule has 140 valence electrons. The van der Waals surface area contributed by atoms with Crippen LogP contribution < -0.4 is 9.47 Å². The van der Waals surface area contributed by atoms with Crippen molar-refractivity contribution < 1.29 is 14.6 Å². The molecular formula is C20H21N3O3S. The number of methoxy groups -OCH3 is 2. The quantitative estimate of drug-likeness (QED) is 0.601. The summed E-state index contributed by atoms with van der Waals surface area (Å²) >= 11 is 1.85. The molecule has 1 saturated heterocycles. The minimum atomic E-state index is 0.128. The number of nitrogens with zero attached hydrogens (tertiary/aromatic N) is 3. The monoisotopic (exact) mass is 383 g/mol. The standard InChI is InChI=1S/C20H21N3O3S/c1-12-6-4-5-7-15(12)21-22-19-14-8-17(25-2)18(26-3)9-16(14)23(20(19)24)13-10-27-11-13/h4-9,13,24H,10-11H2,1-3H3. The molecule has 6 nitrogen and oxygen atoms in total. The number of hydrogen-bond donors (Lipinski definition) is 1. The number of rotatable bonds is 5. The second-order valence-electron chi connectivity index (χ2n) is 6.44. The van der Waals surface area contributed by atoms with Gasteiger partial charge in [-0.3, -0.25) is 0 Å². The van der Waals surface area contributed by atoms with Gasteiger partial charge in [0.2, 0.25) is 5.88 Å². The third kappa shape index (κ3) is 3.02. The fraction of sp³-hybridized carbons (Fsp3) is 0.300. The lowest BCUT2D eigenvalue weighted by Gasteiger charge is -2.28. The van der Waals surface area contributed by atoms with E-state index in [1.165, 1.54) is 0 Å². The molecule has 0 amide bonds. The summed E-state index contributed by atoms with van der Waals surface area (Å²) in [6.45, 7) is 1.98. The van der Waals surface area contributed by atoms with Crippen LogP contribution in [0.3, 0.4) is 0 Å². The van der Waals surface area contributed by atoms with Crippen LogP contribution in [0.15, 0.2) is 46.6 Å². The van der Waals surface area contributed by atoms with E-state index in [-0.39, 0.29) is 11.9 Å². The van der Waals surface area contributed by atoms with E-state index in [1.807, 2.05) is 59.7 Å². The summed E-state index contributed by atoms with van der Waals surface area (Å²) in [6, 6.07) is 11.7. The van der Waals surface area contributed by atoms with Gasteiger partial charge in [-0.15, -0.1) is 5.11 Å². The van der Waals surface area contributed by atoms with E-state index in [2.05, 4.69) is 10.2 Å². The highest BCUT2D eigenvalue weighted by Gasteiger charge is 2.28. The van der Waals surface area contributed by atoms with Crippen LogP contribution in [0.4, 0.5) is 11.4 Å². The number of aryl methyl sites for hydroxylation is 1. The highest BCUT2D eigenvalue weighted by atomic mass is 32.2. The molecule has 0 saturated carbocycles. The first-order valence-corrected chi connectivity index (χ1v) is 9.83. The van der Waals surface area contributed by atoms with Crippen LogP contribution in [-0.4, -0.2) is 35.4 Å². The zero-order valence-corrected chi connectivity index (χ0v) is 16.3. The lowest BCUT2D eigenvalue weighted by atomic mass is 10.2. The molecule has 1 aliphatic rings. The SMILES string of the molecule is COc1cc2c(N=Nc3ccccc3C)c(O)n(C3CSC3)c2cc1OC. The lowest BCUT2D eigenvalue weighted by Crippen LogP contribution is -2.22. The van der Waals surface area contributed by atoms with E-state index >= 15 is 0 Å². The number of hydrogen-bond acceptors (Lipinski definition) is 6. The fourth-order valence-electron chi connectivity index (χ4n) is 3.23. The predicted octanol–water partition coefficient (Wildman–Crippen LogP) is 5.38. The Kier molecular flexibility index (Phi) is 4.70. The van der Waals surface area contributed by atoms with Crippen molar-refractivity contribution in [3.8, 4) is 17.4 Å². The fourth-order valence-corrected chi connectivity index (χ4v) is 3.97. The van der Waals surface area contributed by atoms with E-state index in [1.54, 1.807) is 14.2 Å². The van der Waals surface area contributed by atoms with Gasteiger partial charge in [0, 0.05) is 23.0 Å². The first-order valence-electron chi connectivity index (χ1n) is 8.68. The average molecular weight is 383 g/mol. The molecule has 0 atom stereocenters. The molecule has 0 spiro atoms. The molecule has 0 bridgehead atoms. The lowest BCUT2D eigenvalue weighted by molar-refractivity contribution is 0.355. The summed E-state index contributed by atoms with van der Waals surface area (Å²) in [7, 11) is 3.20. The van der Waals surface area contributed by atoms with Gasteiger partial charge in [-0.05, 0) is 24.6 Å². The number of aromatic hydroxyl groups is 1. The van der Waals surface area contributed by atoms with Crippen LogP contribution >= 0.6 is 11.8 Å². The molecule has 4 rings (SSSR count). The predicted molar refractivity (Wildman–Crippen MR) is 108 cm³/mol. The van der Waals surface area contributed by atoms with Gasteiger partial charge in [0.25, 0.3) is 0 Å². The van der Waals surface area contributed by atoms with Crippen molar-refractivity contribution in [1.82, 2.24) is 4.57 Å². The van der Waals surface area contributed by atoms with Crippen molar-refractivity contribution in [1.29, 1.82) is 0 Å². The van der Waals surface area contributed by atoms with Gasteiger partial charge in [0.15, 0.2) is 17.2 Å². The Morgan fingerprint density at radius 1 is 1.07 bits per heavy atom. The van der Waals surface area contributed by atoms with Gasteiger partial charge in [-0.2, -0.15) is 16.9 Å². The number of ether oxygens (including phenoxy) is 2. The van der Waals surface area contributed by atoms with Gasteiger partial charge in [-0.25, -0.2) is 0 Å². The number of fused-ring (bicyclic) bond motifs is 1. The van der Waals surface area contributed by atoms with Gasteiger partial charge in [-0.1, -0.05) is 18.2 Å². The number of azo groups is 1. The normalized spacial score (nSPS) is 14.6. The van der Waals surface area contributed by atoms with Crippen molar-refractivity contribution >= 4 is 34.0 Å². The Morgan fingerprint density at radius 2 is 1.78 bits per heavy atom. The topological polar surface area (TPSA) is 68.3 Å². The highest BCUT2D eigenvalue weighted by Crippen LogP contribution is 2.47. The third-order valence-electron chi connectivity index (χ3n) is 4.82. The van der Waals surface area contributed by atoms with Crippen molar-refractivity contribution in [2.24, 2.45) is 10.2 Å². The summed E-state index contributed by atoms with van der Waals surface area (Å²) in [5.41, 5.74) is 3.12. The van der Waals surface area contributed by atoms with E-state index in [0.29, 0.717) is 17.2 Å². The number of aromatic nitrogens is 1. The minimum absolute atomic E-state index is 0.128. The Balaban J connectivity index is 1.91. The van der Waals surface area contributed by atoms with Gasteiger partial charge >= 0.3 is 0 Å². The molecule has 1 aromatic heterocycles. The van der Waals surface area contributed by atoms with Gasteiger partial charge in [0.1, 0.15) is 0 Å². The molecule has 2 aromatic carbocycles. The average Bonchev–Trinajstić information content (AvgIpc) is 2.90. The Hall–Kier alpha value is -2.67. The molecule has 3 aromatic rings. The largest absolute Gasteiger partial charge is 0.493 e. The van der Waals surface area contributed by atoms with Crippen LogP contribution in [0, 0.1) is 6.92 Å². The van der Waals surface area contributed by atoms with E-state index in [4.69, 9.17) is 9.47 Å². The molecule has 1 aliphatic heterocycles. The second kappa shape index (κ2) is 7.15. The number of benzene rings is 2. The zero-order valence-electron chi connectivity index (χ0n) is 15.5. The minimum Gasteiger partial charge on any atom is -0.493 e. The van der Waals surface area contributed by atoms with Crippen molar-refractivity contribution in [3.63, 3.8) is 0 Å². The van der Waals surface area contributed by atoms with Gasteiger partial charge < -0.3 is 19.1 Å². The summed E-state index contributed by atoms with van der Waals surface area (Å²) in [5.74, 6) is 3.26. The maximum atomic E-state index is 10.9. The zero-order chi connectivity index (χ0) is 19.0. The second-order valence-corrected chi connectivity index (χ2v) is 7.52. The van der Waals surface area contributed by atoms with Gasteiger partial charge in [0.05, 0.1) is 31.5 Å².